The number of rotatable bonds is 2. The van der Waals surface area contributed by atoms with E-state index in [1.54, 1.807) is 12.1 Å². The normalized spacial score (nSPS) is 13.0. The van der Waals surface area contributed by atoms with E-state index in [1.165, 1.54) is 6.92 Å². The van der Waals surface area contributed by atoms with E-state index in [0.717, 1.165) is 22.5 Å². The Hall–Kier alpha value is -3.04. The zero-order chi connectivity index (χ0) is 17.1. The van der Waals surface area contributed by atoms with Crippen LogP contribution in [0.15, 0.2) is 47.5 Å². The van der Waals surface area contributed by atoms with Gasteiger partial charge in [0.25, 0.3) is 0 Å². The Morgan fingerprint density at radius 1 is 1.29 bits per heavy atom. The number of benzodiazepines with no additional fused rings is 1. The van der Waals surface area contributed by atoms with E-state index in [2.05, 4.69) is 21.7 Å². The Balaban J connectivity index is 2.14. The number of nitrogens with zero attached hydrogens (tertiary/aromatic N) is 2. The quantitative estimate of drug-likeness (QED) is 0.827. The Morgan fingerprint density at radius 3 is 2.71 bits per heavy atom. The van der Waals surface area contributed by atoms with E-state index < -0.39 is 0 Å². The summed E-state index contributed by atoms with van der Waals surface area (Å²) in [6.45, 7) is 1.88. The number of hydrogen-bond acceptors (Lipinski definition) is 4. The minimum atomic E-state index is -0.145. The van der Waals surface area contributed by atoms with Crippen molar-refractivity contribution in [3.05, 3.63) is 59.2 Å². The largest absolute Gasteiger partial charge is 0.376 e. The summed E-state index contributed by atoms with van der Waals surface area (Å²) in [5.41, 5.74) is 4.49. The first-order valence-corrected chi connectivity index (χ1v) is 7.76. The minimum Gasteiger partial charge on any atom is -0.376 e. The van der Waals surface area contributed by atoms with E-state index in [-0.39, 0.29) is 5.91 Å². The molecule has 0 unspecified atom stereocenters. The molecule has 2 aromatic rings. The third kappa shape index (κ3) is 3.16. The lowest BCUT2D eigenvalue weighted by Gasteiger charge is -2.15. The lowest BCUT2D eigenvalue weighted by Crippen LogP contribution is -2.13. The Bertz CT molecular complexity index is 894. The first-order chi connectivity index (χ1) is 11.6. The van der Waals surface area contributed by atoms with Crippen molar-refractivity contribution in [1.29, 1.82) is 5.26 Å². The van der Waals surface area contributed by atoms with Crippen LogP contribution in [0.2, 0.25) is 0 Å². The van der Waals surface area contributed by atoms with Gasteiger partial charge in [-0.3, -0.25) is 4.79 Å². The van der Waals surface area contributed by atoms with Crippen molar-refractivity contribution in [2.45, 2.75) is 6.92 Å². The summed E-state index contributed by atoms with van der Waals surface area (Å²) in [4.78, 5) is 16.5. The molecule has 118 valence electrons. The number of para-hydroxylation sites is 1. The molecule has 1 heterocycles. The number of nitriles is 1. The van der Waals surface area contributed by atoms with Crippen molar-refractivity contribution < 1.29 is 4.79 Å². The van der Waals surface area contributed by atoms with E-state index in [4.69, 9.17) is 17.5 Å². The Labute approximate surface area is 145 Å². The molecule has 0 bridgehead atoms. The number of carbonyl (C=O) groups is 1. The smallest absolute Gasteiger partial charge is 0.221 e. The topological polar surface area (TPSA) is 77.3 Å². The van der Waals surface area contributed by atoms with Crippen LogP contribution in [0.5, 0.6) is 0 Å². The highest BCUT2D eigenvalue weighted by atomic mass is 32.1. The van der Waals surface area contributed by atoms with Gasteiger partial charge in [0, 0.05) is 18.1 Å². The maximum atomic E-state index is 11.4. The van der Waals surface area contributed by atoms with Gasteiger partial charge >= 0.3 is 0 Å². The summed E-state index contributed by atoms with van der Waals surface area (Å²) < 4.78 is 0. The van der Waals surface area contributed by atoms with Crippen LogP contribution in [-0.4, -0.2) is 23.2 Å². The van der Waals surface area contributed by atoms with Crippen molar-refractivity contribution >= 4 is 40.2 Å². The number of anilines is 2. The molecule has 1 aliphatic heterocycles. The van der Waals surface area contributed by atoms with Crippen LogP contribution in [0.25, 0.3) is 0 Å². The van der Waals surface area contributed by atoms with Crippen LogP contribution in [0, 0.1) is 11.3 Å². The monoisotopic (exact) mass is 334 g/mol. The average Bonchev–Trinajstić information content (AvgIpc) is 2.75. The second kappa shape index (κ2) is 6.60. The summed E-state index contributed by atoms with van der Waals surface area (Å²) >= 11 is 5.31. The molecule has 1 amide bonds. The standard InChI is InChI=1S/C18H14N4OS/c1-11(23)21-15-4-2-3-14-17(22-16(24)10-20-18(14)15)13-7-5-12(9-19)6-8-13/h2-8,20H,10H2,1H3,(H,21,23). The molecule has 5 nitrogen and oxygen atoms in total. The van der Waals surface area contributed by atoms with Gasteiger partial charge in [-0.1, -0.05) is 36.5 Å². The third-order valence-electron chi connectivity index (χ3n) is 3.57. The summed E-state index contributed by atoms with van der Waals surface area (Å²) in [5.74, 6) is -0.145. The maximum absolute atomic E-state index is 11.4. The predicted octanol–water partition coefficient (Wildman–Crippen LogP) is 3.11. The molecular weight excluding hydrogens is 320 g/mol. The molecule has 2 N–H and O–H groups in total. The van der Waals surface area contributed by atoms with Gasteiger partial charge in [0.05, 0.1) is 35.3 Å². The summed E-state index contributed by atoms with van der Waals surface area (Å²) in [7, 11) is 0. The molecule has 0 saturated carbocycles. The first-order valence-electron chi connectivity index (χ1n) is 7.35. The molecule has 0 radical (unpaired) electrons. The molecule has 0 spiro atoms. The number of carbonyl (C=O) groups excluding carboxylic acids is 1. The molecule has 0 saturated heterocycles. The summed E-state index contributed by atoms with van der Waals surface area (Å²) in [6, 6.07) is 14.9. The lowest BCUT2D eigenvalue weighted by molar-refractivity contribution is -0.114. The van der Waals surface area contributed by atoms with Gasteiger partial charge in [0.1, 0.15) is 4.99 Å². The van der Waals surface area contributed by atoms with Crippen molar-refractivity contribution in [3.63, 3.8) is 0 Å². The fraction of sp³-hybridized carbons (Fsp3) is 0.111. The molecular formula is C18H14N4OS. The third-order valence-corrected chi connectivity index (χ3v) is 3.81. The summed E-state index contributed by atoms with van der Waals surface area (Å²) in [6.07, 6.45) is 0. The van der Waals surface area contributed by atoms with Crippen LogP contribution in [0.3, 0.4) is 0 Å². The number of amides is 1. The van der Waals surface area contributed by atoms with E-state index in [0.29, 0.717) is 22.8 Å². The van der Waals surface area contributed by atoms with Gasteiger partial charge in [0.2, 0.25) is 5.91 Å². The molecule has 6 heteroatoms. The van der Waals surface area contributed by atoms with E-state index >= 15 is 0 Å². The van der Waals surface area contributed by atoms with Crippen LogP contribution in [-0.2, 0) is 4.79 Å². The number of benzene rings is 2. The number of nitrogens with one attached hydrogen (secondary N) is 2. The van der Waals surface area contributed by atoms with Gasteiger partial charge in [-0.15, -0.1) is 0 Å². The molecule has 1 aliphatic rings. The molecule has 0 aromatic heterocycles. The molecule has 3 rings (SSSR count). The molecule has 2 aromatic carbocycles. The molecule has 0 atom stereocenters. The Morgan fingerprint density at radius 2 is 2.04 bits per heavy atom. The minimum absolute atomic E-state index is 0.145. The Kier molecular flexibility index (Phi) is 4.36. The fourth-order valence-electron chi connectivity index (χ4n) is 2.55. The molecule has 0 aliphatic carbocycles. The van der Waals surface area contributed by atoms with Crippen LogP contribution < -0.4 is 10.6 Å². The van der Waals surface area contributed by atoms with Crippen LogP contribution >= 0.6 is 12.2 Å². The zero-order valence-corrected chi connectivity index (χ0v) is 13.8. The zero-order valence-electron chi connectivity index (χ0n) is 13.0. The van der Waals surface area contributed by atoms with Gasteiger partial charge in [-0.05, 0) is 18.2 Å². The number of thiocarbonyl (C=S) groups is 1. The highest BCUT2D eigenvalue weighted by Gasteiger charge is 2.19. The second-order valence-corrected chi connectivity index (χ2v) is 5.78. The highest BCUT2D eigenvalue weighted by Crippen LogP contribution is 2.30. The van der Waals surface area contributed by atoms with Gasteiger partial charge in [-0.2, -0.15) is 5.26 Å². The maximum Gasteiger partial charge on any atom is 0.221 e. The van der Waals surface area contributed by atoms with E-state index in [1.807, 2.05) is 30.3 Å². The van der Waals surface area contributed by atoms with Gasteiger partial charge in [-0.25, -0.2) is 4.99 Å². The number of fused-ring (bicyclic) bond motifs is 1. The first kappa shape index (κ1) is 15.8. The van der Waals surface area contributed by atoms with Gasteiger partial charge in [0.15, 0.2) is 0 Å². The number of aliphatic imine (C=N–C) groups is 1. The summed E-state index contributed by atoms with van der Waals surface area (Å²) in [5, 5.41) is 15.0. The highest BCUT2D eigenvalue weighted by molar-refractivity contribution is 7.80. The number of hydrogen-bond donors (Lipinski definition) is 2. The van der Waals surface area contributed by atoms with Crippen molar-refractivity contribution in [2.24, 2.45) is 4.99 Å². The van der Waals surface area contributed by atoms with Crippen LogP contribution in [0.4, 0.5) is 11.4 Å². The van der Waals surface area contributed by atoms with Crippen LogP contribution in [0.1, 0.15) is 23.6 Å². The average molecular weight is 334 g/mol. The van der Waals surface area contributed by atoms with Gasteiger partial charge < -0.3 is 10.6 Å². The lowest BCUT2D eigenvalue weighted by atomic mass is 9.99. The SMILES string of the molecule is CC(=O)Nc1cccc2c1NCC(=S)N=C2c1ccc(C#N)cc1. The van der Waals surface area contributed by atoms with Crippen molar-refractivity contribution in [3.8, 4) is 6.07 Å². The van der Waals surface area contributed by atoms with E-state index in [9.17, 15) is 4.79 Å². The second-order valence-electron chi connectivity index (χ2n) is 5.31. The molecule has 0 fully saturated rings. The predicted molar refractivity (Wildman–Crippen MR) is 98.6 cm³/mol. The fourth-order valence-corrected chi connectivity index (χ4v) is 2.71. The molecule has 24 heavy (non-hydrogen) atoms. The van der Waals surface area contributed by atoms with Crippen molar-refractivity contribution in [1.82, 2.24) is 0 Å². The van der Waals surface area contributed by atoms with Crippen molar-refractivity contribution in [2.75, 3.05) is 17.2 Å².